The van der Waals surface area contributed by atoms with Crippen molar-refractivity contribution < 1.29 is 0 Å². The van der Waals surface area contributed by atoms with E-state index in [9.17, 15) is 0 Å². The van der Waals surface area contributed by atoms with E-state index in [0.717, 1.165) is 13.7 Å². The molecule has 2 aromatic rings. The molecule has 0 unspecified atom stereocenters. The molecule has 0 bridgehead atoms. The average Bonchev–Trinajstić information content (AvgIpc) is 2.27. The van der Waals surface area contributed by atoms with Crippen molar-refractivity contribution in [3.05, 3.63) is 43.5 Å². The number of hydrogen-bond donors (Lipinski definition) is 2. The van der Waals surface area contributed by atoms with Crippen molar-refractivity contribution >= 4 is 67.3 Å². The van der Waals surface area contributed by atoms with Crippen LogP contribution in [0.3, 0.4) is 0 Å². The van der Waals surface area contributed by atoms with Gasteiger partial charge in [-0.25, -0.2) is 4.98 Å². The Bertz CT molecular complexity index is 562. The summed E-state index contributed by atoms with van der Waals surface area (Å²) in [5.74, 6) is 0.592. The lowest BCUT2D eigenvalue weighted by atomic mass is 10.3. The molecule has 1 heterocycles. The molecule has 0 fully saturated rings. The topological polar surface area (TPSA) is 50.9 Å². The summed E-state index contributed by atoms with van der Waals surface area (Å²) >= 11 is 11.8. The van der Waals surface area contributed by atoms with Gasteiger partial charge in [0.25, 0.3) is 0 Å². The lowest BCUT2D eigenvalue weighted by Gasteiger charge is -2.08. The molecule has 1 aromatic carbocycles. The van der Waals surface area contributed by atoms with Gasteiger partial charge in [0.1, 0.15) is 5.82 Å². The summed E-state index contributed by atoms with van der Waals surface area (Å²) in [6.45, 7) is 0. The average molecular weight is 424 g/mol. The summed E-state index contributed by atoms with van der Waals surface area (Å²) in [4.78, 5) is 4.14. The van der Waals surface area contributed by atoms with E-state index in [1.807, 2.05) is 18.2 Å². The van der Waals surface area contributed by atoms with Gasteiger partial charge in [-0.2, -0.15) is 0 Å². The fraction of sp³-hybridized carbons (Fsp3) is 0. The van der Waals surface area contributed by atoms with Crippen LogP contribution in [0.5, 0.6) is 0 Å². The summed E-state index contributed by atoms with van der Waals surface area (Å²) in [5.41, 5.74) is 7.04. The number of anilines is 3. The second-order valence-electron chi connectivity index (χ2n) is 3.35. The van der Waals surface area contributed by atoms with E-state index in [0.29, 0.717) is 16.5 Å². The molecule has 1 aromatic heterocycles. The number of benzene rings is 1. The molecule has 0 aliphatic heterocycles. The van der Waals surface area contributed by atoms with Crippen LogP contribution in [0.1, 0.15) is 0 Å². The van der Waals surface area contributed by atoms with Crippen LogP contribution in [0.4, 0.5) is 17.2 Å². The van der Waals surface area contributed by atoms with E-state index in [1.54, 1.807) is 12.3 Å². The zero-order valence-corrected chi connectivity index (χ0v) is 13.0. The van der Waals surface area contributed by atoms with Crippen molar-refractivity contribution in [3.8, 4) is 0 Å². The predicted molar refractivity (Wildman–Crippen MR) is 83.8 cm³/mol. The van der Waals surface area contributed by atoms with Gasteiger partial charge in [0.15, 0.2) is 0 Å². The molecule has 17 heavy (non-hydrogen) atoms. The Morgan fingerprint density at radius 1 is 1.35 bits per heavy atom. The first-order valence-electron chi connectivity index (χ1n) is 4.69. The Labute approximate surface area is 126 Å². The van der Waals surface area contributed by atoms with Gasteiger partial charge >= 0.3 is 0 Å². The molecule has 0 spiro atoms. The van der Waals surface area contributed by atoms with Crippen LogP contribution in [0.15, 0.2) is 34.9 Å². The van der Waals surface area contributed by atoms with Gasteiger partial charge in [-0.05, 0) is 62.8 Å². The quantitative estimate of drug-likeness (QED) is 0.702. The maximum atomic E-state index is 6.03. The lowest BCUT2D eigenvalue weighted by molar-refractivity contribution is 1.31. The van der Waals surface area contributed by atoms with E-state index in [4.69, 9.17) is 17.3 Å². The third kappa shape index (κ3) is 3.23. The Morgan fingerprint density at radius 3 is 2.76 bits per heavy atom. The minimum atomic E-state index is 0.500. The van der Waals surface area contributed by atoms with Crippen molar-refractivity contribution in [1.29, 1.82) is 0 Å². The molecule has 2 rings (SSSR count). The van der Waals surface area contributed by atoms with Crippen LogP contribution in [-0.2, 0) is 0 Å². The summed E-state index contributed by atoms with van der Waals surface area (Å²) in [6.07, 6.45) is 1.57. The van der Waals surface area contributed by atoms with E-state index in [1.165, 1.54) is 0 Å². The second-order valence-corrected chi connectivity index (χ2v) is 5.78. The first-order chi connectivity index (χ1) is 8.06. The van der Waals surface area contributed by atoms with Gasteiger partial charge < -0.3 is 11.1 Å². The van der Waals surface area contributed by atoms with Crippen molar-refractivity contribution in [2.45, 2.75) is 0 Å². The molecule has 0 amide bonds. The molecular weight excluding hydrogens is 416 g/mol. The number of nitrogens with two attached hydrogens (primary N) is 1. The highest BCUT2D eigenvalue weighted by Crippen LogP contribution is 2.28. The molecule has 0 radical (unpaired) electrons. The minimum Gasteiger partial charge on any atom is -0.397 e. The fourth-order valence-corrected chi connectivity index (χ4v) is 2.19. The number of nitrogens with one attached hydrogen (secondary N) is 1. The van der Waals surface area contributed by atoms with E-state index in [2.05, 4.69) is 48.8 Å². The fourth-order valence-electron chi connectivity index (χ4n) is 1.26. The number of pyridine rings is 1. The van der Waals surface area contributed by atoms with Crippen LogP contribution >= 0.6 is 50.1 Å². The van der Waals surface area contributed by atoms with E-state index < -0.39 is 0 Å². The van der Waals surface area contributed by atoms with Crippen LogP contribution < -0.4 is 11.1 Å². The maximum absolute atomic E-state index is 6.03. The van der Waals surface area contributed by atoms with Gasteiger partial charge in [-0.3, -0.25) is 0 Å². The molecular formula is C11H8BrClIN3. The van der Waals surface area contributed by atoms with E-state index in [-0.39, 0.29) is 0 Å². The van der Waals surface area contributed by atoms with Gasteiger partial charge in [0.2, 0.25) is 0 Å². The Balaban J connectivity index is 2.28. The lowest BCUT2D eigenvalue weighted by Crippen LogP contribution is -1.96. The summed E-state index contributed by atoms with van der Waals surface area (Å²) in [6, 6.07) is 7.59. The maximum Gasteiger partial charge on any atom is 0.149 e. The summed E-state index contributed by atoms with van der Waals surface area (Å²) in [7, 11) is 0. The van der Waals surface area contributed by atoms with Crippen LogP contribution in [0, 0.1) is 3.57 Å². The zero-order chi connectivity index (χ0) is 12.4. The highest BCUT2D eigenvalue weighted by molar-refractivity contribution is 14.1. The van der Waals surface area contributed by atoms with Gasteiger partial charge in [0, 0.05) is 13.7 Å². The first kappa shape index (κ1) is 12.9. The second kappa shape index (κ2) is 5.41. The largest absolute Gasteiger partial charge is 0.397 e. The van der Waals surface area contributed by atoms with Crippen molar-refractivity contribution in [2.24, 2.45) is 0 Å². The molecule has 3 N–H and O–H groups in total. The van der Waals surface area contributed by atoms with Crippen LogP contribution in [0.25, 0.3) is 0 Å². The van der Waals surface area contributed by atoms with Crippen molar-refractivity contribution in [2.75, 3.05) is 11.1 Å². The molecule has 0 saturated heterocycles. The summed E-state index contributed by atoms with van der Waals surface area (Å²) < 4.78 is 2.17. The smallest absolute Gasteiger partial charge is 0.149 e. The number of aromatic nitrogens is 1. The highest BCUT2D eigenvalue weighted by Gasteiger charge is 2.04. The Hall–Kier alpha value is -0.530. The van der Waals surface area contributed by atoms with Gasteiger partial charge in [0.05, 0.1) is 16.9 Å². The normalized spacial score (nSPS) is 10.3. The van der Waals surface area contributed by atoms with Gasteiger partial charge in [-0.15, -0.1) is 0 Å². The Kier molecular flexibility index (Phi) is 4.11. The van der Waals surface area contributed by atoms with Gasteiger partial charge in [-0.1, -0.05) is 11.6 Å². The number of nitrogen functional groups attached to an aromatic ring is 1. The Morgan fingerprint density at radius 2 is 2.12 bits per heavy atom. The standard InChI is InChI=1S/C11H8BrClIN3/c12-8-4-7(1-2-10(8)14)17-11-9(13)3-6(15)5-16-11/h1-5H,15H2,(H,16,17). The number of rotatable bonds is 2. The number of hydrogen-bond acceptors (Lipinski definition) is 3. The predicted octanol–water partition coefficient (Wildman–Crippen LogP) is 4.43. The molecule has 0 aliphatic carbocycles. The first-order valence-corrected chi connectivity index (χ1v) is 6.94. The molecule has 88 valence electrons. The SMILES string of the molecule is Nc1cnc(Nc2ccc(I)c(Br)c2)c(Cl)c1. The molecule has 0 aliphatic rings. The third-order valence-electron chi connectivity index (χ3n) is 2.04. The number of nitrogens with zero attached hydrogens (tertiary/aromatic N) is 1. The molecule has 3 nitrogen and oxygen atoms in total. The number of halogens is 3. The van der Waals surface area contributed by atoms with Crippen LogP contribution in [-0.4, -0.2) is 4.98 Å². The molecule has 0 saturated carbocycles. The van der Waals surface area contributed by atoms with Crippen molar-refractivity contribution in [1.82, 2.24) is 4.98 Å². The third-order valence-corrected chi connectivity index (χ3v) is 4.67. The molecule has 6 heteroatoms. The zero-order valence-electron chi connectivity index (χ0n) is 8.55. The minimum absolute atomic E-state index is 0.500. The van der Waals surface area contributed by atoms with Crippen LogP contribution in [0.2, 0.25) is 5.02 Å². The molecule has 0 atom stereocenters. The van der Waals surface area contributed by atoms with E-state index >= 15 is 0 Å². The van der Waals surface area contributed by atoms with Crippen molar-refractivity contribution in [3.63, 3.8) is 0 Å². The highest BCUT2D eigenvalue weighted by atomic mass is 127. The summed E-state index contributed by atoms with van der Waals surface area (Å²) in [5, 5.41) is 3.64. The monoisotopic (exact) mass is 423 g/mol.